The fourth-order valence-corrected chi connectivity index (χ4v) is 12.4. The van der Waals surface area contributed by atoms with Gasteiger partial charge in [0.1, 0.15) is 37.4 Å². The van der Waals surface area contributed by atoms with E-state index in [9.17, 15) is 33.2 Å². The zero-order valence-electron chi connectivity index (χ0n) is 51.7. The maximum absolute atomic E-state index is 15.1. The van der Waals surface area contributed by atoms with Gasteiger partial charge in [-0.2, -0.15) is 0 Å². The van der Waals surface area contributed by atoms with Gasteiger partial charge in [-0.15, -0.1) is 22.7 Å². The third kappa shape index (κ3) is 20.6. The maximum atomic E-state index is 15.1. The van der Waals surface area contributed by atoms with E-state index in [0.29, 0.717) is 61.2 Å². The molecule has 0 radical (unpaired) electrons. The molecule has 8 N–H and O–H groups in total. The van der Waals surface area contributed by atoms with E-state index in [2.05, 4.69) is 56.3 Å². The molecule has 10 aromatic rings. The molecule has 2 saturated heterocycles. The monoisotopic (exact) mass is 1340 g/mol. The number of rotatable bonds is 25. The Labute approximate surface area is 560 Å². The molecule has 12 rings (SSSR count). The molecule has 2 aliphatic rings. The van der Waals surface area contributed by atoms with E-state index >= 15 is 4.39 Å². The number of carbonyl (C=O) groups is 6. The minimum absolute atomic E-state index is 0. The number of carboxylic acid groups (broad SMARTS) is 1. The number of hydrogen-bond donors (Lipinski definition) is 7. The van der Waals surface area contributed by atoms with Gasteiger partial charge in [0.05, 0.1) is 54.2 Å². The highest BCUT2D eigenvalue weighted by Crippen LogP contribution is 2.41. The summed E-state index contributed by atoms with van der Waals surface area (Å²) < 4.78 is 46.3. The molecule has 0 saturated carbocycles. The summed E-state index contributed by atoms with van der Waals surface area (Å²) >= 11 is 2.72. The molecule has 4 aromatic carbocycles. The van der Waals surface area contributed by atoms with Crippen LogP contribution in [0.1, 0.15) is 58.8 Å². The maximum Gasteiger partial charge on any atom is 0.323 e. The molecule has 6 aromatic heterocycles. The summed E-state index contributed by atoms with van der Waals surface area (Å²) in [5.41, 5.74) is 9.42. The average molecular weight is 1350 g/mol. The Kier molecular flexibility index (Phi) is 25.3. The van der Waals surface area contributed by atoms with Gasteiger partial charge >= 0.3 is 5.97 Å². The summed E-state index contributed by atoms with van der Waals surface area (Å²) in [6, 6.07) is 32.4. The molecule has 0 aliphatic carbocycles. The largest absolute Gasteiger partial charge is 0.480 e. The number of nitrogens with two attached hydrogens (primary N) is 1. The van der Waals surface area contributed by atoms with Crippen molar-refractivity contribution in [3.05, 3.63) is 170 Å². The van der Waals surface area contributed by atoms with Crippen LogP contribution < -0.4 is 41.8 Å². The number of hydrogen-bond acceptors (Lipinski definition) is 17. The zero-order valence-corrected chi connectivity index (χ0v) is 53.3. The van der Waals surface area contributed by atoms with Gasteiger partial charge in [-0.3, -0.25) is 38.7 Å². The van der Waals surface area contributed by atoms with Crippen molar-refractivity contribution in [3.8, 4) is 44.1 Å². The number of fused-ring (bicyclic) bond motifs is 2. The van der Waals surface area contributed by atoms with E-state index in [1.165, 1.54) is 116 Å². The van der Waals surface area contributed by atoms with Crippen molar-refractivity contribution >= 4 is 101 Å². The topological polar surface area (TPSA) is 295 Å². The minimum Gasteiger partial charge on any atom is -0.480 e. The van der Waals surface area contributed by atoms with E-state index < -0.39 is 54.1 Å². The first-order valence-electron chi connectivity index (χ1n) is 30.9. The van der Waals surface area contributed by atoms with Crippen LogP contribution in [0.25, 0.3) is 41.6 Å². The number of carboxylic acids is 1. The lowest BCUT2D eigenvalue weighted by Gasteiger charge is -2.14. The fourth-order valence-electron chi connectivity index (χ4n) is 10.3. The molecule has 5 amide bonds. The molecule has 8 heterocycles. The Balaban J connectivity index is 0.000000200. The molecule has 96 heavy (non-hydrogen) atoms. The predicted molar refractivity (Wildman–Crippen MR) is 368 cm³/mol. The summed E-state index contributed by atoms with van der Waals surface area (Å²) in [6.07, 6.45) is 16.2. The Bertz CT molecular complexity index is 4270. The number of nitrogens with one attached hydrogen (secondary N) is 5. The van der Waals surface area contributed by atoms with Gasteiger partial charge in [-0.05, 0) is 145 Å². The fraction of sp³-hybridized carbons (Fsp3) is 0.275. The van der Waals surface area contributed by atoms with E-state index in [1.807, 2.05) is 18.3 Å². The summed E-state index contributed by atoms with van der Waals surface area (Å²) in [4.78, 5) is 96.2. The summed E-state index contributed by atoms with van der Waals surface area (Å²) in [5, 5.41) is 22.2. The highest BCUT2D eigenvalue weighted by molar-refractivity contribution is 7.23. The first-order valence-corrected chi connectivity index (χ1v) is 32.5. The standard InChI is InChI=1S/C34H34FN7O4S.C27H20FN5O5S.C7H16N2.CH4/c35-25-17-24(40-32(44)19-31(43)39-23-7-2-1-3-8-23)9-10-28(25)46-29-11-13-36-26-18-30(47-34(26)29)27-20-42(22-38-27)21-33(45)37-12-6-16-41-14-4-5-15-41;28-18-10-17(32-25(35)12-24(34)31-16-4-2-1-3-5-16)6-7-21(18)38-22-8-9-29-19-11-23(39-27(19)22)20-13-33(15-30-20)14-26(36)37;8-4-3-7-9-5-1-2-6-9;/h1-3,7-11,13,17-18,20,22H,4-6,12,14-16,19,21H2,(H,37,45)(H,39,43)(H,40,44);1-11,13,15H,12,14H2,(H,31,34)(H,32,35)(H,36,37);1-8H2;1H4. The van der Waals surface area contributed by atoms with Crippen LogP contribution in [0, 0.1) is 11.6 Å². The number of nitrogens with zero attached hydrogens (tertiary/aromatic N) is 8. The second kappa shape index (κ2) is 34.7. The number of halogens is 2. The molecular formula is C69H74F2N14O9S2. The van der Waals surface area contributed by atoms with Crippen LogP contribution in [-0.2, 0) is 41.9 Å². The van der Waals surface area contributed by atoms with Gasteiger partial charge in [-0.25, -0.2) is 18.7 Å². The van der Waals surface area contributed by atoms with E-state index in [4.69, 9.17) is 20.3 Å². The number of pyridine rings is 2. The van der Waals surface area contributed by atoms with E-state index in [-0.39, 0.29) is 49.3 Å². The van der Waals surface area contributed by atoms with Crippen molar-refractivity contribution in [1.29, 1.82) is 0 Å². The first-order chi connectivity index (χ1) is 46.2. The van der Waals surface area contributed by atoms with Crippen LogP contribution in [-0.4, -0.2) is 132 Å². The number of aromatic nitrogens is 6. The Morgan fingerprint density at radius 1 is 0.510 bits per heavy atom. The van der Waals surface area contributed by atoms with Crippen molar-refractivity contribution in [1.82, 2.24) is 44.2 Å². The number of anilines is 4. The first kappa shape index (κ1) is 70.0. The highest BCUT2D eigenvalue weighted by atomic mass is 32.1. The van der Waals surface area contributed by atoms with Crippen LogP contribution in [0.2, 0.25) is 0 Å². The van der Waals surface area contributed by atoms with Crippen LogP contribution in [0.3, 0.4) is 0 Å². The van der Waals surface area contributed by atoms with Crippen LogP contribution in [0.5, 0.6) is 23.0 Å². The number of aliphatic carboxylic acids is 1. The lowest BCUT2D eigenvalue weighted by molar-refractivity contribution is -0.137. The number of para-hydroxylation sites is 2. The zero-order chi connectivity index (χ0) is 66.5. The van der Waals surface area contributed by atoms with Gasteiger partial charge in [-0.1, -0.05) is 43.8 Å². The number of carbonyl (C=O) groups excluding carboxylic acids is 5. The lowest BCUT2D eigenvalue weighted by atomic mass is 10.2. The van der Waals surface area contributed by atoms with Crippen LogP contribution in [0.15, 0.2) is 159 Å². The average Bonchev–Trinajstić information content (AvgIpc) is 1.64. The van der Waals surface area contributed by atoms with Gasteiger partial charge in [0.2, 0.25) is 29.5 Å². The Morgan fingerprint density at radius 2 is 0.938 bits per heavy atom. The molecule has 0 spiro atoms. The summed E-state index contributed by atoms with van der Waals surface area (Å²) in [5.74, 6) is -3.92. The molecule has 23 nitrogen and oxygen atoms in total. The van der Waals surface area contributed by atoms with E-state index in [0.717, 1.165) is 54.5 Å². The molecule has 0 atom stereocenters. The molecule has 0 unspecified atom stereocenters. The second-order valence-corrected chi connectivity index (χ2v) is 24.3. The Morgan fingerprint density at radius 3 is 1.36 bits per heavy atom. The Hall–Kier alpha value is -10.3. The van der Waals surface area contributed by atoms with Crippen molar-refractivity contribution in [2.45, 2.75) is 71.9 Å². The number of ether oxygens (including phenoxy) is 2. The number of thiophene rings is 2. The third-order valence-electron chi connectivity index (χ3n) is 14.8. The summed E-state index contributed by atoms with van der Waals surface area (Å²) in [7, 11) is 0. The van der Waals surface area contributed by atoms with Crippen molar-refractivity contribution in [3.63, 3.8) is 0 Å². The SMILES string of the molecule is C.NCCCN1CCCC1.O=C(Cn1cnc(-c2cc3nccc(Oc4ccc(NC(=O)CC(=O)Nc5ccccc5)cc4F)c3s2)c1)NCCCN1CCCC1.O=C(O)Cn1cnc(-c2cc3nccc(Oc4ccc(NC(=O)CC(=O)Nc5ccccc5)cc4F)c3s2)c1. The number of imidazole rings is 2. The van der Waals surface area contributed by atoms with Crippen LogP contribution in [0.4, 0.5) is 31.5 Å². The molecule has 2 aliphatic heterocycles. The smallest absolute Gasteiger partial charge is 0.323 e. The van der Waals surface area contributed by atoms with Gasteiger partial charge in [0, 0.05) is 78.3 Å². The summed E-state index contributed by atoms with van der Waals surface area (Å²) in [6.45, 7) is 8.59. The van der Waals surface area contributed by atoms with Crippen molar-refractivity contribution < 1.29 is 52.1 Å². The van der Waals surface area contributed by atoms with Gasteiger partial charge < -0.3 is 65.8 Å². The quantitative estimate of drug-likeness (QED) is 0.0207. The highest BCUT2D eigenvalue weighted by Gasteiger charge is 2.20. The molecular weight excluding hydrogens is 1270 g/mol. The van der Waals surface area contributed by atoms with Gasteiger partial charge in [0.15, 0.2) is 23.1 Å². The number of likely N-dealkylation sites (tertiary alicyclic amines) is 2. The number of benzene rings is 4. The van der Waals surface area contributed by atoms with Gasteiger partial charge in [0.25, 0.3) is 0 Å². The minimum atomic E-state index is -0.978. The molecule has 0 bridgehead atoms. The van der Waals surface area contributed by atoms with Crippen molar-refractivity contribution in [2.75, 3.05) is 73.6 Å². The van der Waals surface area contributed by atoms with E-state index in [1.54, 1.807) is 96.1 Å². The number of amides is 5. The van der Waals surface area contributed by atoms with Crippen molar-refractivity contribution in [2.24, 2.45) is 5.73 Å². The molecule has 27 heteroatoms. The third-order valence-corrected chi connectivity index (χ3v) is 17.2. The second-order valence-electron chi connectivity index (χ2n) is 22.2. The van der Waals surface area contributed by atoms with Crippen LogP contribution >= 0.6 is 22.7 Å². The predicted octanol–water partition coefficient (Wildman–Crippen LogP) is 11.9. The normalized spacial score (nSPS) is 12.7. The lowest BCUT2D eigenvalue weighted by Crippen LogP contribution is -2.30. The molecule has 2 fully saturated rings. The molecule has 500 valence electrons.